The maximum Gasteiger partial charge on any atom is 0.0551 e. The van der Waals surface area contributed by atoms with E-state index >= 15 is 0 Å². The first-order chi connectivity index (χ1) is 7.66. The first-order valence-corrected chi connectivity index (χ1v) is 5.13. The van der Waals surface area contributed by atoms with Crippen LogP contribution >= 0.6 is 0 Å². The lowest BCUT2D eigenvalue weighted by Crippen LogP contribution is -2.11. The fourth-order valence-electron chi connectivity index (χ4n) is 1.60. The van der Waals surface area contributed by atoms with E-state index in [1.165, 1.54) is 0 Å². The van der Waals surface area contributed by atoms with E-state index < -0.39 is 0 Å². The third-order valence-corrected chi connectivity index (χ3v) is 2.59. The minimum Gasteiger partial charge on any atom is -0.399 e. The number of hydrogen-bond acceptors (Lipinski definition) is 3. The molecule has 3 heteroatoms. The molecule has 0 aliphatic carbocycles. The van der Waals surface area contributed by atoms with Crippen LogP contribution in [-0.4, -0.2) is 0 Å². The Labute approximate surface area is 94.9 Å². The third-order valence-electron chi connectivity index (χ3n) is 2.59. The van der Waals surface area contributed by atoms with Crippen LogP contribution in [0.15, 0.2) is 48.5 Å². The quantitative estimate of drug-likeness (QED) is 0.667. The van der Waals surface area contributed by atoms with Gasteiger partial charge in [-0.15, -0.1) is 0 Å². The molecule has 0 aliphatic rings. The molecule has 0 aliphatic heterocycles. The fourth-order valence-corrected chi connectivity index (χ4v) is 1.60. The molecule has 2 aromatic carbocycles. The summed E-state index contributed by atoms with van der Waals surface area (Å²) in [4.78, 5) is 0. The zero-order valence-corrected chi connectivity index (χ0v) is 8.93. The SMILES string of the molecule is Nc1ccc(C(N)c2ccc(N)cc2)cc1. The van der Waals surface area contributed by atoms with Crippen molar-refractivity contribution in [3.8, 4) is 0 Å². The Hall–Kier alpha value is -2.00. The Morgan fingerprint density at radius 3 is 1.25 bits per heavy atom. The zero-order valence-electron chi connectivity index (χ0n) is 8.93. The Morgan fingerprint density at radius 2 is 0.938 bits per heavy atom. The second-order valence-corrected chi connectivity index (χ2v) is 3.81. The summed E-state index contributed by atoms with van der Waals surface area (Å²) in [6.07, 6.45) is 0. The molecule has 82 valence electrons. The van der Waals surface area contributed by atoms with Gasteiger partial charge in [0.15, 0.2) is 0 Å². The number of hydrogen-bond donors (Lipinski definition) is 3. The molecule has 0 radical (unpaired) electrons. The Balaban J connectivity index is 2.28. The van der Waals surface area contributed by atoms with Crippen molar-refractivity contribution in [1.82, 2.24) is 0 Å². The van der Waals surface area contributed by atoms with Crippen molar-refractivity contribution in [2.24, 2.45) is 5.73 Å². The standard InChI is InChI=1S/C13H15N3/c14-11-5-1-9(2-6-11)13(16)10-3-7-12(15)8-4-10/h1-8,13H,14-16H2. The molecular formula is C13H15N3. The highest BCUT2D eigenvalue weighted by molar-refractivity contribution is 5.45. The number of anilines is 2. The van der Waals surface area contributed by atoms with Gasteiger partial charge in [0.25, 0.3) is 0 Å². The highest BCUT2D eigenvalue weighted by Gasteiger charge is 2.07. The van der Waals surface area contributed by atoms with Crippen molar-refractivity contribution in [2.75, 3.05) is 11.5 Å². The molecule has 6 N–H and O–H groups in total. The van der Waals surface area contributed by atoms with E-state index in [4.69, 9.17) is 17.2 Å². The van der Waals surface area contributed by atoms with E-state index in [1.54, 1.807) is 0 Å². The van der Waals surface area contributed by atoms with Crippen LogP contribution in [0.1, 0.15) is 17.2 Å². The first kappa shape index (κ1) is 10.5. The average molecular weight is 213 g/mol. The van der Waals surface area contributed by atoms with E-state index in [0.29, 0.717) is 0 Å². The summed E-state index contributed by atoms with van der Waals surface area (Å²) in [6, 6.07) is 15.0. The van der Waals surface area contributed by atoms with Crippen LogP contribution in [0.4, 0.5) is 11.4 Å². The number of nitrogens with two attached hydrogens (primary N) is 3. The predicted octanol–water partition coefficient (Wildman–Crippen LogP) is 1.90. The Morgan fingerprint density at radius 1 is 0.625 bits per heavy atom. The maximum atomic E-state index is 6.13. The highest BCUT2D eigenvalue weighted by atomic mass is 14.6. The van der Waals surface area contributed by atoms with E-state index in [0.717, 1.165) is 22.5 Å². The summed E-state index contributed by atoms with van der Waals surface area (Å²) in [7, 11) is 0. The molecule has 0 atom stereocenters. The van der Waals surface area contributed by atoms with E-state index in [9.17, 15) is 0 Å². The van der Waals surface area contributed by atoms with Crippen molar-refractivity contribution in [2.45, 2.75) is 6.04 Å². The van der Waals surface area contributed by atoms with Gasteiger partial charge in [-0.25, -0.2) is 0 Å². The molecule has 0 unspecified atom stereocenters. The van der Waals surface area contributed by atoms with Gasteiger partial charge in [-0.1, -0.05) is 24.3 Å². The van der Waals surface area contributed by atoms with Crippen LogP contribution in [-0.2, 0) is 0 Å². The fraction of sp³-hybridized carbons (Fsp3) is 0.0769. The van der Waals surface area contributed by atoms with Crippen LogP contribution in [0.25, 0.3) is 0 Å². The lowest BCUT2D eigenvalue weighted by atomic mass is 9.99. The largest absolute Gasteiger partial charge is 0.399 e. The van der Waals surface area contributed by atoms with Crippen molar-refractivity contribution in [3.05, 3.63) is 59.7 Å². The Kier molecular flexibility index (Phi) is 2.79. The van der Waals surface area contributed by atoms with Gasteiger partial charge >= 0.3 is 0 Å². The molecule has 16 heavy (non-hydrogen) atoms. The second kappa shape index (κ2) is 4.24. The molecule has 0 saturated carbocycles. The lowest BCUT2D eigenvalue weighted by Gasteiger charge is -2.12. The van der Waals surface area contributed by atoms with Gasteiger partial charge in [0.05, 0.1) is 6.04 Å². The van der Waals surface area contributed by atoms with Gasteiger partial charge in [-0.05, 0) is 35.4 Å². The van der Waals surface area contributed by atoms with Crippen LogP contribution in [0, 0.1) is 0 Å². The third kappa shape index (κ3) is 2.15. The highest BCUT2D eigenvalue weighted by Crippen LogP contribution is 2.21. The second-order valence-electron chi connectivity index (χ2n) is 3.81. The predicted molar refractivity (Wildman–Crippen MR) is 67.7 cm³/mol. The van der Waals surface area contributed by atoms with Crippen molar-refractivity contribution >= 4 is 11.4 Å². The molecule has 0 saturated heterocycles. The van der Waals surface area contributed by atoms with Gasteiger partial charge < -0.3 is 17.2 Å². The molecule has 2 rings (SSSR count). The van der Waals surface area contributed by atoms with Crippen LogP contribution < -0.4 is 17.2 Å². The topological polar surface area (TPSA) is 78.1 Å². The minimum atomic E-state index is -0.138. The number of benzene rings is 2. The number of nitrogen functional groups attached to an aromatic ring is 2. The van der Waals surface area contributed by atoms with Crippen LogP contribution in [0.3, 0.4) is 0 Å². The molecule has 0 bridgehead atoms. The zero-order chi connectivity index (χ0) is 11.5. The van der Waals surface area contributed by atoms with Crippen LogP contribution in [0.5, 0.6) is 0 Å². The van der Waals surface area contributed by atoms with Gasteiger partial charge in [0.1, 0.15) is 0 Å². The van der Waals surface area contributed by atoms with Crippen molar-refractivity contribution in [3.63, 3.8) is 0 Å². The summed E-state index contributed by atoms with van der Waals surface area (Å²) in [6.45, 7) is 0. The molecule has 3 nitrogen and oxygen atoms in total. The molecule has 0 spiro atoms. The monoisotopic (exact) mass is 213 g/mol. The summed E-state index contributed by atoms with van der Waals surface area (Å²) < 4.78 is 0. The molecular weight excluding hydrogens is 198 g/mol. The summed E-state index contributed by atoms with van der Waals surface area (Å²) >= 11 is 0. The number of rotatable bonds is 2. The lowest BCUT2D eigenvalue weighted by molar-refractivity contribution is 0.872. The molecule has 0 heterocycles. The molecule has 2 aromatic rings. The summed E-state index contributed by atoms with van der Waals surface area (Å²) in [5.41, 5.74) is 21.0. The van der Waals surface area contributed by atoms with Gasteiger partial charge in [-0.3, -0.25) is 0 Å². The van der Waals surface area contributed by atoms with Gasteiger partial charge in [0.2, 0.25) is 0 Å². The van der Waals surface area contributed by atoms with E-state index in [1.807, 2.05) is 48.5 Å². The van der Waals surface area contributed by atoms with Crippen LogP contribution in [0.2, 0.25) is 0 Å². The minimum absolute atomic E-state index is 0.138. The molecule has 0 aromatic heterocycles. The average Bonchev–Trinajstić information content (AvgIpc) is 2.30. The maximum absolute atomic E-state index is 6.13. The smallest absolute Gasteiger partial charge is 0.0551 e. The van der Waals surface area contributed by atoms with Gasteiger partial charge in [-0.2, -0.15) is 0 Å². The summed E-state index contributed by atoms with van der Waals surface area (Å²) in [5, 5.41) is 0. The normalized spacial score (nSPS) is 10.6. The summed E-state index contributed by atoms with van der Waals surface area (Å²) in [5.74, 6) is 0. The van der Waals surface area contributed by atoms with Crippen molar-refractivity contribution in [1.29, 1.82) is 0 Å². The first-order valence-electron chi connectivity index (χ1n) is 5.13. The molecule has 0 amide bonds. The van der Waals surface area contributed by atoms with Crippen molar-refractivity contribution < 1.29 is 0 Å². The van der Waals surface area contributed by atoms with Gasteiger partial charge in [0, 0.05) is 11.4 Å². The Bertz CT molecular complexity index is 414. The van der Waals surface area contributed by atoms with E-state index in [2.05, 4.69) is 0 Å². The molecule has 0 fully saturated rings. The van der Waals surface area contributed by atoms with E-state index in [-0.39, 0.29) is 6.04 Å².